The van der Waals surface area contributed by atoms with Gasteiger partial charge in [-0.3, -0.25) is 9.78 Å². The molecule has 25 heavy (non-hydrogen) atoms. The topological polar surface area (TPSA) is 88.6 Å². The van der Waals surface area contributed by atoms with Crippen LogP contribution in [0.3, 0.4) is 0 Å². The minimum absolute atomic E-state index is 0.0870. The molecule has 2 N–H and O–H groups in total. The molecule has 0 aliphatic carbocycles. The molecule has 1 aromatic heterocycles. The smallest absolute Gasteiger partial charge is 0.330 e. The molecule has 8 heteroatoms. The van der Waals surface area contributed by atoms with Gasteiger partial charge in [-0.25, -0.2) is 9.36 Å². The van der Waals surface area contributed by atoms with E-state index in [0.29, 0.717) is 23.0 Å². The number of H-pyrrole nitrogens is 1. The van der Waals surface area contributed by atoms with Crippen LogP contribution in [0.15, 0.2) is 27.8 Å². The summed E-state index contributed by atoms with van der Waals surface area (Å²) in [5.41, 5.74) is 0.222. The molecule has 8 nitrogen and oxygen atoms in total. The zero-order valence-corrected chi connectivity index (χ0v) is 14.1. The number of hydrogen-bond donors (Lipinski definition) is 2. The van der Waals surface area contributed by atoms with Gasteiger partial charge in [-0.1, -0.05) is 12.0 Å². The lowest BCUT2D eigenvalue weighted by atomic mass is 10.1. The molecule has 2 aromatic rings. The first-order valence-electron chi connectivity index (χ1n) is 7.53. The summed E-state index contributed by atoms with van der Waals surface area (Å²) in [6, 6.07) is 5.46. The maximum atomic E-state index is 12.6. The fourth-order valence-electron chi connectivity index (χ4n) is 2.92. The average Bonchev–Trinajstić information content (AvgIpc) is 2.94. The second-order valence-corrected chi connectivity index (χ2v) is 5.52. The summed E-state index contributed by atoms with van der Waals surface area (Å²) in [5, 5.41) is 3.15. The molecule has 2 heterocycles. The summed E-state index contributed by atoms with van der Waals surface area (Å²) < 4.78 is 11.6. The Morgan fingerprint density at radius 3 is 2.60 bits per heavy atom. The van der Waals surface area contributed by atoms with Crippen molar-refractivity contribution in [1.82, 2.24) is 9.55 Å². The van der Waals surface area contributed by atoms with Crippen molar-refractivity contribution < 1.29 is 9.47 Å². The van der Waals surface area contributed by atoms with E-state index in [9.17, 15) is 9.59 Å². The van der Waals surface area contributed by atoms with Gasteiger partial charge in [-0.15, -0.1) is 6.42 Å². The number of ether oxygens (including phenoxy) is 2. The van der Waals surface area contributed by atoms with E-state index in [0.717, 1.165) is 10.1 Å². The van der Waals surface area contributed by atoms with Crippen molar-refractivity contribution in [1.29, 1.82) is 0 Å². The highest BCUT2D eigenvalue weighted by Gasteiger charge is 2.32. The maximum absolute atomic E-state index is 12.6. The van der Waals surface area contributed by atoms with E-state index in [4.69, 9.17) is 15.9 Å². The van der Waals surface area contributed by atoms with Gasteiger partial charge in [0.25, 0.3) is 5.56 Å². The first kappa shape index (κ1) is 16.5. The molecule has 0 amide bonds. The molecule has 3 rings (SSSR count). The Bertz CT molecular complexity index is 970. The second-order valence-electron chi connectivity index (χ2n) is 5.52. The van der Waals surface area contributed by atoms with E-state index < -0.39 is 11.2 Å². The molecule has 0 fully saturated rings. The normalized spacial score (nSPS) is 15.3. The number of terminal acetylenes is 1. The fraction of sp³-hybridized carbons (Fsp3) is 0.294. The number of anilines is 2. The molecule has 0 saturated heterocycles. The van der Waals surface area contributed by atoms with Crippen molar-refractivity contribution in [2.45, 2.75) is 12.7 Å². The minimum atomic E-state index is -0.546. The van der Waals surface area contributed by atoms with E-state index in [1.807, 2.05) is 12.1 Å². The Balaban J connectivity index is 2.06. The number of nitrogens with zero attached hydrogens (tertiary/aromatic N) is 2. The van der Waals surface area contributed by atoms with Crippen LogP contribution in [0.5, 0.6) is 11.5 Å². The largest absolute Gasteiger partial charge is 0.493 e. The molecule has 0 saturated carbocycles. The van der Waals surface area contributed by atoms with Crippen LogP contribution >= 0.6 is 0 Å². The molecular formula is C17H18N4O4. The summed E-state index contributed by atoms with van der Waals surface area (Å²) in [5.74, 6) is 3.86. The summed E-state index contributed by atoms with van der Waals surface area (Å²) in [6.45, 7) is -0.0870. The van der Waals surface area contributed by atoms with E-state index in [1.54, 1.807) is 32.2 Å². The molecule has 0 bridgehead atoms. The summed E-state index contributed by atoms with van der Waals surface area (Å²) in [7, 11) is 4.88. The van der Waals surface area contributed by atoms with Crippen molar-refractivity contribution in [3.8, 4) is 23.8 Å². The van der Waals surface area contributed by atoms with Gasteiger partial charge < -0.3 is 19.7 Å². The van der Waals surface area contributed by atoms with Crippen molar-refractivity contribution in [3.05, 3.63) is 44.6 Å². The third kappa shape index (κ3) is 2.59. The maximum Gasteiger partial charge on any atom is 0.330 e. The SMILES string of the molecule is C#CCn1c(=O)[nH]c2c(c1=O)N(C)C(c1ccc(OC)c(OC)c1)N2. The lowest BCUT2D eigenvalue weighted by Crippen LogP contribution is -2.37. The molecular weight excluding hydrogens is 324 g/mol. The third-order valence-corrected chi connectivity index (χ3v) is 4.16. The van der Waals surface area contributed by atoms with Gasteiger partial charge in [0.05, 0.1) is 20.8 Å². The minimum Gasteiger partial charge on any atom is -0.493 e. The van der Waals surface area contributed by atoms with Crippen LogP contribution in [0.2, 0.25) is 0 Å². The number of nitrogens with one attached hydrogen (secondary N) is 2. The number of hydrogen-bond acceptors (Lipinski definition) is 6. The van der Waals surface area contributed by atoms with Crippen LogP contribution < -0.4 is 30.9 Å². The molecule has 1 atom stereocenters. The van der Waals surface area contributed by atoms with Crippen molar-refractivity contribution in [2.24, 2.45) is 0 Å². The van der Waals surface area contributed by atoms with Gasteiger partial charge in [0.15, 0.2) is 11.5 Å². The van der Waals surface area contributed by atoms with Gasteiger partial charge in [-0.2, -0.15) is 0 Å². The van der Waals surface area contributed by atoms with E-state index in [-0.39, 0.29) is 12.7 Å². The van der Waals surface area contributed by atoms with Gasteiger partial charge >= 0.3 is 5.69 Å². The monoisotopic (exact) mass is 342 g/mol. The number of benzene rings is 1. The molecule has 1 unspecified atom stereocenters. The van der Waals surface area contributed by atoms with Crippen LogP contribution in [0.4, 0.5) is 11.5 Å². The molecule has 1 aliphatic rings. The predicted octanol–water partition coefficient (Wildman–Crippen LogP) is 0.747. The first-order valence-corrected chi connectivity index (χ1v) is 7.53. The van der Waals surface area contributed by atoms with E-state index in [1.165, 1.54) is 0 Å². The standard InChI is InChI=1S/C17H18N4O4/c1-5-8-21-16(22)13-14(19-17(21)23)18-15(20(13)2)10-6-7-11(24-3)12(9-10)25-4/h1,6-7,9,15,18H,8H2,2-4H3,(H,19,23). The van der Waals surface area contributed by atoms with Crippen LogP contribution in [-0.2, 0) is 6.54 Å². The van der Waals surface area contributed by atoms with Crippen molar-refractivity contribution in [3.63, 3.8) is 0 Å². The van der Waals surface area contributed by atoms with Crippen LogP contribution in [0.1, 0.15) is 11.7 Å². The fourth-order valence-corrected chi connectivity index (χ4v) is 2.92. The third-order valence-electron chi connectivity index (χ3n) is 4.16. The molecule has 0 radical (unpaired) electrons. The Kier molecular flexibility index (Phi) is 4.15. The highest BCUT2D eigenvalue weighted by molar-refractivity contribution is 5.72. The van der Waals surface area contributed by atoms with Gasteiger partial charge in [0.2, 0.25) is 0 Å². The lowest BCUT2D eigenvalue weighted by Gasteiger charge is -2.22. The Labute approximate surface area is 144 Å². The number of aromatic amines is 1. The highest BCUT2D eigenvalue weighted by atomic mass is 16.5. The van der Waals surface area contributed by atoms with Crippen LogP contribution in [0.25, 0.3) is 0 Å². The quantitative estimate of drug-likeness (QED) is 0.797. The number of aromatic nitrogens is 2. The number of rotatable bonds is 4. The number of fused-ring (bicyclic) bond motifs is 1. The predicted molar refractivity (Wildman–Crippen MR) is 94.5 cm³/mol. The van der Waals surface area contributed by atoms with Crippen molar-refractivity contribution in [2.75, 3.05) is 31.5 Å². The van der Waals surface area contributed by atoms with Gasteiger partial charge in [0, 0.05) is 7.05 Å². The van der Waals surface area contributed by atoms with Crippen LogP contribution in [-0.4, -0.2) is 30.8 Å². The molecule has 1 aromatic carbocycles. The first-order chi connectivity index (χ1) is 12.0. The average molecular weight is 342 g/mol. The Hall–Kier alpha value is -3.34. The highest BCUT2D eigenvalue weighted by Crippen LogP contribution is 2.38. The number of methoxy groups -OCH3 is 2. The zero-order chi connectivity index (χ0) is 18.1. The molecule has 130 valence electrons. The van der Waals surface area contributed by atoms with E-state index in [2.05, 4.69) is 16.2 Å². The summed E-state index contributed by atoms with van der Waals surface area (Å²) >= 11 is 0. The van der Waals surface area contributed by atoms with Crippen LogP contribution in [0, 0.1) is 12.3 Å². The summed E-state index contributed by atoms with van der Waals surface area (Å²) in [6.07, 6.45) is 4.89. The second kappa shape index (κ2) is 6.28. The van der Waals surface area contributed by atoms with Gasteiger partial charge in [0.1, 0.15) is 17.7 Å². The van der Waals surface area contributed by atoms with Crippen molar-refractivity contribution >= 4 is 11.5 Å². The summed E-state index contributed by atoms with van der Waals surface area (Å²) in [4.78, 5) is 29.1. The molecule has 0 spiro atoms. The van der Waals surface area contributed by atoms with E-state index >= 15 is 0 Å². The Morgan fingerprint density at radius 1 is 1.24 bits per heavy atom. The lowest BCUT2D eigenvalue weighted by molar-refractivity contribution is 0.354. The zero-order valence-electron chi connectivity index (χ0n) is 14.1. The van der Waals surface area contributed by atoms with Gasteiger partial charge in [-0.05, 0) is 17.7 Å². The molecule has 1 aliphatic heterocycles. The Morgan fingerprint density at radius 2 is 1.96 bits per heavy atom.